The molecule has 5 atom stereocenters. The van der Waals surface area contributed by atoms with Gasteiger partial charge in [0.05, 0.1) is 23.3 Å². The highest BCUT2D eigenvalue weighted by Gasteiger charge is 2.61. The number of hydrogen-bond acceptors (Lipinski definition) is 8. The van der Waals surface area contributed by atoms with Crippen LogP contribution in [-0.4, -0.2) is 59.8 Å². The number of hydrogen-bond donors (Lipinski definition) is 1. The molecule has 0 radical (unpaired) electrons. The predicted molar refractivity (Wildman–Crippen MR) is 175 cm³/mol. The second-order valence-corrected chi connectivity index (χ2v) is 15.8. The summed E-state index contributed by atoms with van der Waals surface area (Å²) in [5.74, 6) is -2.35. The lowest BCUT2D eigenvalue weighted by Crippen LogP contribution is -2.46. The minimum absolute atomic E-state index is 0.0358. The summed E-state index contributed by atoms with van der Waals surface area (Å²) >= 11 is 0. The number of nitrogens with one attached hydrogen (secondary N) is 1. The molecule has 2 saturated carbocycles. The number of aromatic nitrogens is 1. The normalized spacial score (nSPS) is 29.0. The highest BCUT2D eigenvalue weighted by Crippen LogP contribution is 2.57. The molecule has 254 valence electrons. The van der Waals surface area contributed by atoms with Crippen molar-refractivity contribution in [2.45, 2.75) is 88.0 Å². The van der Waals surface area contributed by atoms with Crippen molar-refractivity contribution in [3.05, 3.63) is 72.1 Å². The molecular formula is C36H40FN3O7S. The predicted octanol–water partition coefficient (Wildman–Crippen LogP) is 5.27. The van der Waals surface area contributed by atoms with E-state index in [1.54, 1.807) is 29.2 Å². The summed E-state index contributed by atoms with van der Waals surface area (Å²) in [6.07, 6.45) is 8.91. The number of fused-ring (bicyclic) bond motifs is 3. The summed E-state index contributed by atoms with van der Waals surface area (Å²) < 4.78 is 53.9. The lowest BCUT2D eigenvalue weighted by Gasteiger charge is -2.29. The fourth-order valence-corrected chi connectivity index (χ4v) is 8.70. The van der Waals surface area contributed by atoms with Crippen molar-refractivity contribution in [1.29, 1.82) is 0 Å². The molecule has 2 amide bonds. The number of allylic oxidation sites excluding steroid dienone is 2. The molecule has 3 heterocycles. The number of sulfonamides is 1. The number of para-hydroxylation sites is 2. The van der Waals surface area contributed by atoms with Crippen molar-refractivity contribution in [2.24, 2.45) is 17.3 Å². The highest BCUT2D eigenvalue weighted by molar-refractivity contribution is 7.90. The molecule has 1 saturated heterocycles. The van der Waals surface area contributed by atoms with Gasteiger partial charge in [0, 0.05) is 18.8 Å². The smallest absolute Gasteiger partial charge is 0.394 e. The maximum Gasteiger partial charge on any atom is 0.394 e. The van der Waals surface area contributed by atoms with E-state index in [4.69, 9.17) is 9.15 Å². The molecule has 10 nitrogen and oxygen atoms in total. The third-order valence-electron chi connectivity index (χ3n) is 10.2. The number of benzene rings is 2. The van der Waals surface area contributed by atoms with Crippen LogP contribution in [0.5, 0.6) is 6.08 Å². The van der Waals surface area contributed by atoms with Crippen LogP contribution in [0.4, 0.5) is 4.39 Å². The fourth-order valence-electron chi connectivity index (χ4n) is 7.31. The van der Waals surface area contributed by atoms with Gasteiger partial charge in [-0.15, -0.1) is 0 Å². The average Bonchev–Trinajstić information content (AvgIpc) is 3.94. The number of ketones is 1. The Bertz CT molecular complexity index is 1820. The van der Waals surface area contributed by atoms with Crippen molar-refractivity contribution >= 4 is 38.7 Å². The number of halogens is 1. The topological polar surface area (TPSA) is 136 Å². The van der Waals surface area contributed by atoms with Gasteiger partial charge in [-0.25, -0.2) is 12.8 Å². The Hall–Kier alpha value is -4.06. The Labute approximate surface area is 279 Å². The maximum absolute atomic E-state index is 14.4. The Morgan fingerprint density at radius 2 is 1.92 bits per heavy atom. The van der Waals surface area contributed by atoms with E-state index in [1.807, 2.05) is 24.3 Å². The summed E-state index contributed by atoms with van der Waals surface area (Å²) in [5, 5.41) is -0.578. The molecule has 48 heavy (non-hydrogen) atoms. The number of rotatable bonds is 7. The van der Waals surface area contributed by atoms with E-state index in [9.17, 15) is 27.2 Å². The summed E-state index contributed by atoms with van der Waals surface area (Å²) in [6.45, 7) is 0.103. The maximum atomic E-state index is 14.4. The van der Waals surface area contributed by atoms with Crippen LogP contribution in [-0.2, 0) is 30.8 Å². The molecule has 4 aliphatic rings. The van der Waals surface area contributed by atoms with Crippen LogP contribution in [0.1, 0.15) is 69.8 Å². The van der Waals surface area contributed by atoms with Gasteiger partial charge in [0.2, 0.25) is 21.8 Å². The number of carbonyl (C=O) groups excluding carboxylic acids is 3. The lowest BCUT2D eigenvalue weighted by atomic mass is 9.90. The fraction of sp³-hybridized carbons (Fsp3) is 0.500. The molecule has 7 rings (SSSR count). The van der Waals surface area contributed by atoms with Gasteiger partial charge in [0.25, 0.3) is 0 Å². The molecule has 0 bridgehead atoms. The number of nitrogens with zero attached hydrogens (tertiary/aromatic N) is 2. The van der Waals surface area contributed by atoms with Crippen LogP contribution in [0.2, 0.25) is 0 Å². The molecule has 0 spiro atoms. The summed E-state index contributed by atoms with van der Waals surface area (Å²) in [6, 6.07) is 12.5. The van der Waals surface area contributed by atoms with Crippen LogP contribution in [0.3, 0.4) is 0 Å². The molecule has 2 aliphatic heterocycles. The Kier molecular flexibility index (Phi) is 8.86. The summed E-state index contributed by atoms with van der Waals surface area (Å²) in [4.78, 5) is 48.3. The van der Waals surface area contributed by atoms with E-state index in [2.05, 4.69) is 9.71 Å². The first-order chi connectivity index (χ1) is 23.1. The second-order valence-electron chi connectivity index (χ2n) is 13.8. The first kappa shape index (κ1) is 32.5. The quantitative estimate of drug-likeness (QED) is 0.335. The molecule has 3 aromatic rings. The van der Waals surface area contributed by atoms with Gasteiger partial charge in [-0.05, 0) is 80.7 Å². The van der Waals surface area contributed by atoms with Gasteiger partial charge in [-0.2, -0.15) is 4.98 Å². The molecule has 2 aromatic carbocycles. The van der Waals surface area contributed by atoms with Crippen molar-refractivity contribution in [2.75, 3.05) is 6.54 Å². The SMILES string of the molecule is O=C1C[C@]2(C(=O)NS(=O)(=O)C3CC3)C[C@@H]2/C=C\CCCCC[C@H](Cc2cccc(F)c2)C(=O)N2C[C@H](Oc3nc4ccccc4o3)C[C@@H]12. The van der Waals surface area contributed by atoms with E-state index < -0.39 is 44.7 Å². The number of carbonyl (C=O) groups is 3. The van der Waals surface area contributed by atoms with Crippen LogP contribution in [0, 0.1) is 23.1 Å². The molecular weight excluding hydrogens is 637 g/mol. The van der Waals surface area contributed by atoms with E-state index >= 15 is 0 Å². The van der Waals surface area contributed by atoms with E-state index in [1.165, 1.54) is 12.1 Å². The van der Waals surface area contributed by atoms with E-state index in [-0.39, 0.29) is 48.9 Å². The summed E-state index contributed by atoms with van der Waals surface area (Å²) in [5.41, 5.74) is 0.656. The molecule has 2 aliphatic carbocycles. The van der Waals surface area contributed by atoms with Crippen molar-refractivity contribution < 1.29 is 36.3 Å². The number of oxazole rings is 1. The van der Waals surface area contributed by atoms with Gasteiger partial charge in [-0.1, -0.05) is 49.3 Å². The first-order valence-electron chi connectivity index (χ1n) is 16.9. The standard InChI is InChI=1S/C36H40FN3O7S/c37-26-12-8-9-23(18-26)17-24-10-4-2-1-3-5-11-25-20-36(25,34(43)39-48(44,45)28-15-16-28)21-31(41)30-19-27(22-40(30)33(24)42)46-35-38-29-13-6-7-14-32(29)47-35/h5-9,11-14,18,24-25,27-28,30H,1-4,10,15-17,19-22H2,(H,39,43)/b11-5-/t24-,25+,27-,30+,36-/m1/s1. The van der Waals surface area contributed by atoms with E-state index in [0.717, 1.165) is 25.7 Å². The third kappa shape index (κ3) is 6.90. The van der Waals surface area contributed by atoms with Crippen molar-refractivity contribution in [3.63, 3.8) is 0 Å². The molecule has 1 N–H and O–H groups in total. The minimum Gasteiger partial charge on any atom is -0.445 e. The van der Waals surface area contributed by atoms with Gasteiger partial charge in [-0.3, -0.25) is 19.1 Å². The Morgan fingerprint density at radius 3 is 2.71 bits per heavy atom. The van der Waals surface area contributed by atoms with Crippen LogP contribution in [0.25, 0.3) is 11.1 Å². The van der Waals surface area contributed by atoms with Gasteiger partial charge >= 0.3 is 6.08 Å². The minimum atomic E-state index is -3.81. The number of Topliss-reactive ketones (excluding diaryl/α,β-unsaturated/α-hetero) is 1. The molecule has 1 aromatic heterocycles. The second kappa shape index (κ2) is 13.1. The highest BCUT2D eigenvalue weighted by atomic mass is 32.2. The Morgan fingerprint density at radius 1 is 1.08 bits per heavy atom. The van der Waals surface area contributed by atoms with Crippen molar-refractivity contribution in [1.82, 2.24) is 14.6 Å². The van der Waals surface area contributed by atoms with E-state index in [0.29, 0.717) is 48.8 Å². The summed E-state index contributed by atoms with van der Waals surface area (Å²) in [7, 11) is -3.81. The Balaban J connectivity index is 1.18. The molecule has 3 fully saturated rings. The number of ether oxygens (including phenoxy) is 1. The zero-order valence-electron chi connectivity index (χ0n) is 26.7. The van der Waals surface area contributed by atoms with Gasteiger partial charge in [0.1, 0.15) is 17.4 Å². The largest absolute Gasteiger partial charge is 0.445 e. The number of amides is 2. The average molecular weight is 678 g/mol. The zero-order chi connectivity index (χ0) is 33.5. The van der Waals surface area contributed by atoms with Crippen LogP contribution >= 0.6 is 0 Å². The monoisotopic (exact) mass is 677 g/mol. The van der Waals surface area contributed by atoms with Crippen molar-refractivity contribution in [3.8, 4) is 6.08 Å². The first-order valence-corrected chi connectivity index (χ1v) is 18.5. The van der Waals surface area contributed by atoms with Gasteiger partial charge < -0.3 is 14.1 Å². The van der Waals surface area contributed by atoms with Gasteiger partial charge in [0.15, 0.2) is 11.4 Å². The molecule has 0 unspecified atom stereocenters. The van der Waals surface area contributed by atoms with Crippen LogP contribution < -0.4 is 9.46 Å². The molecule has 12 heteroatoms. The third-order valence-corrected chi connectivity index (χ3v) is 12.1. The van der Waals surface area contributed by atoms with Crippen LogP contribution in [0.15, 0.2) is 65.1 Å². The lowest BCUT2D eigenvalue weighted by molar-refractivity contribution is -0.142. The zero-order valence-corrected chi connectivity index (χ0v) is 27.5.